The summed E-state index contributed by atoms with van der Waals surface area (Å²) in [6.45, 7) is 14.8. The quantitative estimate of drug-likeness (QED) is 0.339. The number of nitrogens with zero attached hydrogens (tertiary/aromatic N) is 4. The molecular formula is C22H38IN5O2S. The van der Waals surface area contributed by atoms with Crippen LogP contribution >= 0.6 is 35.3 Å². The van der Waals surface area contributed by atoms with Gasteiger partial charge in [0.15, 0.2) is 5.96 Å². The molecule has 2 aliphatic rings. The van der Waals surface area contributed by atoms with Gasteiger partial charge in [-0.3, -0.25) is 9.79 Å². The van der Waals surface area contributed by atoms with E-state index in [2.05, 4.69) is 43.3 Å². The fourth-order valence-electron chi connectivity index (χ4n) is 3.83. The Bertz CT molecular complexity index is 720. The summed E-state index contributed by atoms with van der Waals surface area (Å²) in [6.07, 6.45) is 2.64. The van der Waals surface area contributed by atoms with Gasteiger partial charge in [0, 0.05) is 62.4 Å². The second-order valence-corrected chi connectivity index (χ2v) is 10.0. The summed E-state index contributed by atoms with van der Waals surface area (Å²) in [7, 11) is 0. The standard InChI is InChI=1S/C22H37N5O2S.HI/c1-5-23-21(24-9-6-19-25-18(16-30-19)22(2,3)4)27-10-7-17(8-11-27)20(28)26-12-14-29-15-13-26;/h16-17H,5-15H2,1-4H3,(H,23,24);1H. The first-order chi connectivity index (χ1) is 14.4. The highest BCUT2D eigenvalue weighted by Crippen LogP contribution is 2.24. The molecule has 1 N–H and O–H groups in total. The Labute approximate surface area is 208 Å². The molecule has 0 spiro atoms. The van der Waals surface area contributed by atoms with E-state index in [0.29, 0.717) is 19.1 Å². The molecular weight excluding hydrogens is 525 g/mol. The summed E-state index contributed by atoms with van der Waals surface area (Å²) < 4.78 is 5.37. The molecule has 176 valence electrons. The number of aromatic nitrogens is 1. The number of nitrogens with one attached hydrogen (secondary N) is 1. The zero-order chi connectivity index (χ0) is 21.6. The Morgan fingerprint density at radius 1 is 1.23 bits per heavy atom. The summed E-state index contributed by atoms with van der Waals surface area (Å²) in [5, 5.41) is 6.74. The first kappa shape index (κ1) is 26.3. The van der Waals surface area contributed by atoms with E-state index in [1.54, 1.807) is 11.3 Å². The predicted molar refractivity (Wildman–Crippen MR) is 138 cm³/mol. The van der Waals surface area contributed by atoms with Gasteiger partial charge in [-0.05, 0) is 19.8 Å². The van der Waals surface area contributed by atoms with Crippen LogP contribution in [-0.2, 0) is 21.4 Å². The molecule has 0 aliphatic carbocycles. The van der Waals surface area contributed by atoms with Gasteiger partial charge in [-0.1, -0.05) is 20.8 Å². The van der Waals surface area contributed by atoms with Crippen molar-refractivity contribution in [1.82, 2.24) is 20.1 Å². The van der Waals surface area contributed by atoms with Gasteiger partial charge in [-0.15, -0.1) is 35.3 Å². The minimum Gasteiger partial charge on any atom is -0.378 e. The molecule has 9 heteroatoms. The summed E-state index contributed by atoms with van der Waals surface area (Å²) in [6, 6.07) is 0. The maximum atomic E-state index is 12.8. The highest BCUT2D eigenvalue weighted by molar-refractivity contribution is 14.0. The molecule has 0 unspecified atom stereocenters. The average Bonchev–Trinajstić information content (AvgIpc) is 3.23. The van der Waals surface area contributed by atoms with E-state index in [1.165, 1.54) is 0 Å². The lowest BCUT2D eigenvalue weighted by molar-refractivity contribution is -0.140. The summed E-state index contributed by atoms with van der Waals surface area (Å²) in [5.41, 5.74) is 1.25. The van der Waals surface area contributed by atoms with E-state index in [0.717, 1.165) is 75.2 Å². The zero-order valence-electron chi connectivity index (χ0n) is 19.4. The van der Waals surface area contributed by atoms with E-state index in [9.17, 15) is 4.79 Å². The Balaban J connectivity index is 0.00000341. The van der Waals surface area contributed by atoms with Crippen molar-refractivity contribution in [2.45, 2.75) is 52.4 Å². The van der Waals surface area contributed by atoms with E-state index < -0.39 is 0 Å². The number of morpholine rings is 1. The van der Waals surface area contributed by atoms with Gasteiger partial charge in [-0.2, -0.15) is 0 Å². The van der Waals surface area contributed by atoms with Crippen molar-refractivity contribution >= 4 is 47.2 Å². The number of halogens is 1. The lowest BCUT2D eigenvalue weighted by Gasteiger charge is -2.36. The maximum absolute atomic E-state index is 12.8. The highest BCUT2D eigenvalue weighted by atomic mass is 127. The van der Waals surface area contributed by atoms with Crippen molar-refractivity contribution in [3.63, 3.8) is 0 Å². The van der Waals surface area contributed by atoms with Crippen molar-refractivity contribution in [2.75, 3.05) is 52.5 Å². The highest BCUT2D eigenvalue weighted by Gasteiger charge is 2.30. The van der Waals surface area contributed by atoms with Crippen LogP contribution in [0.1, 0.15) is 51.2 Å². The molecule has 0 bridgehead atoms. The molecule has 0 radical (unpaired) electrons. The number of likely N-dealkylation sites (tertiary alicyclic amines) is 1. The SMILES string of the molecule is CCNC(=NCCc1nc(C(C)(C)C)cs1)N1CCC(C(=O)N2CCOCC2)CC1.I. The van der Waals surface area contributed by atoms with Crippen molar-refractivity contribution in [1.29, 1.82) is 0 Å². The number of ether oxygens (including phenoxy) is 1. The van der Waals surface area contributed by atoms with Crippen LogP contribution in [0, 0.1) is 5.92 Å². The normalized spacial score (nSPS) is 18.6. The van der Waals surface area contributed by atoms with Crippen molar-refractivity contribution < 1.29 is 9.53 Å². The summed E-state index contributed by atoms with van der Waals surface area (Å²) in [4.78, 5) is 26.7. The molecule has 0 aromatic carbocycles. The van der Waals surface area contributed by atoms with Gasteiger partial charge in [0.25, 0.3) is 0 Å². The van der Waals surface area contributed by atoms with Crippen LogP contribution in [0.5, 0.6) is 0 Å². The first-order valence-electron chi connectivity index (χ1n) is 11.2. The molecule has 1 amide bonds. The first-order valence-corrected chi connectivity index (χ1v) is 12.1. The van der Waals surface area contributed by atoms with E-state index >= 15 is 0 Å². The number of hydrogen-bond acceptors (Lipinski definition) is 5. The molecule has 2 fully saturated rings. The van der Waals surface area contributed by atoms with Crippen LogP contribution < -0.4 is 5.32 Å². The van der Waals surface area contributed by atoms with Crippen LogP contribution in [-0.4, -0.2) is 79.1 Å². The molecule has 2 saturated heterocycles. The van der Waals surface area contributed by atoms with Crippen LogP contribution in [0.3, 0.4) is 0 Å². The molecule has 31 heavy (non-hydrogen) atoms. The minimum atomic E-state index is 0. The Hall–Kier alpha value is -0.940. The number of aliphatic imine (C=N–C) groups is 1. The van der Waals surface area contributed by atoms with Crippen LogP contribution in [0.2, 0.25) is 0 Å². The van der Waals surface area contributed by atoms with Gasteiger partial charge < -0.3 is 19.9 Å². The second-order valence-electron chi connectivity index (χ2n) is 9.06. The zero-order valence-corrected chi connectivity index (χ0v) is 22.5. The molecule has 3 heterocycles. The average molecular weight is 564 g/mol. The molecule has 0 atom stereocenters. The second kappa shape index (κ2) is 12.3. The molecule has 2 aliphatic heterocycles. The lowest BCUT2D eigenvalue weighted by Crippen LogP contribution is -2.50. The van der Waals surface area contributed by atoms with Crippen molar-refractivity contribution in [3.05, 3.63) is 16.1 Å². The number of rotatable bonds is 5. The van der Waals surface area contributed by atoms with Crippen molar-refractivity contribution in [3.8, 4) is 0 Å². The number of carbonyl (C=O) groups is 1. The maximum Gasteiger partial charge on any atom is 0.225 e. The minimum absolute atomic E-state index is 0. The fraction of sp³-hybridized carbons (Fsp3) is 0.773. The Morgan fingerprint density at radius 2 is 1.90 bits per heavy atom. The summed E-state index contributed by atoms with van der Waals surface area (Å²) >= 11 is 1.73. The number of piperidine rings is 1. The third-order valence-corrected chi connectivity index (χ3v) is 6.62. The Morgan fingerprint density at radius 3 is 2.48 bits per heavy atom. The van der Waals surface area contributed by atoms with E-state index in [1.807, 2.05) is 4.90 Å². The van der Waals surface area contributed by atoms with Crippen LogP contribution in [0.25, 0.3) is 0 Å². The number of hydrogen-bond donors (Lipinski definition) is 1. The smallest absolute Gasteiger partial charge is 0.225 e. The van der Waals surface area contributed by atoms with Gasteiger partial charge in [0.1, 0.15) is 0 Å². The predicted octanol–water partition coefficient (Wildman–Crippen LogP) is 3.14. The van der Waals surface area contributed by atoms with Gasteiger partial charge >= 0.3 is 0 Å². The largest absolute Gasteiger partial charge is 0.378 e. The number of thiazole rings is 1. The van der Waals surface area contributed by atoms with E-state index in [4.69, 9.17) is 14.7 Å². The van der Waals surface area contributed by atoms with Crippen LogP contribution in [0.15, 0.2) is 10.4 Å². The lowest BCUT2D eigenvalue weighted by atomic mass is 9.93. The Kier molecular flexibility index (Phi) is 10.5. The third kappa shape index (κ3) is 7.56. The van der Waals surface area contributed by atoms with Gasteiger partial charge in [0.05, 0.1) is 23.9 Å². The third-order valence-electron chi connectivity index (χ3n) is 5.71. The number of guanidine groups is 1. The fourth-order valence-corrected chi connectivity index (χ4v) is 4.85. The molecule has 7 nitrogen and oxygen atoms in total. The number of carbonyl (C=O) groups excluding carboxylic acids is 1. The number of amides is 1. The summed E-state index contributed by atoms with van der Waals surface area (Å²) in [5.74, 6) is 1.40. The van der Waals surface area contributed by atoms with Crippen LogP contribution in [0.4, 0.5) is 0 Å². The van der Waals surface area contributed by atoms with E-state index in [-0.39, 0.29) is 35.3 Å². The van der Waals surface area contributed by atoms with Gasteiger partial charge in [-0.25, -0.2) is 4.98 Å². The monoisotopic (exact) mass is 563 g/mol. The molecule has 1 aromatic heterocycles. The topological polar surface area (TPSA) is 70.1 Å². The van der Waals surface area contributed by atoms with Gasteiger partial charge in [0.2, 0.25) is 5.91 Å². The van der Waals surface area contributed by atoms with Crippen molar-refractivity contribution in [2.24, 2.45) is 10.9 Å². The molecule has 0 saturated carbocycles. The molecule has 1 aromatic rings. The molecule has 3 rings (SSSR count).